The fraction of sp³-hybridized carbons (Fsp3) is 1.00. The summed E-state index contributed by atoms with van der Waals surface area (Å²) < 4.78 is 11.9. The maximum atomic E-state index is 6.15. The van der Waals surface area contributed by atoms with Gasteiger partial charge in [-0.15, -0.1) is 0 Å². The highest BCUT2D eigenvalue weighted by atomic mass is 16.5. The zero-order valence-electron chi connectivity index (χ0n) is 12.5. The van der Waals surface area contributed by atoms with Gasteiger partial charge in [0.05, 0.1) is 22.8 Å². The molecule has 0 saturated carbocycles. The molecular formula is C14H28N2O2. The van der Waals surface area contributed by atoms with E-state index in [4.69, 9.17) is 15.2 Å². The molecule has 4 nitrogen and oxygen atoms in total. The Balaban J connectivity index is 2.26. The molecule has 0 aliphatic carbocycles. The van der Waals surface area contributed by atoms with Crippen LogP contribution in [0.4, 0.5) is 0 Å². The average molecular weight is 256 g/mol. The van der Waals surface area contributed by atoms with Gasteiger partial charge in [-0.2, -0.15) is 0 Å². The van der Waals surface area contributed by atoms with Crippen LogP contribution < -0.4 is 5.73 Å². The van der Waals surface area contributed by atoms with Crippen LogP contribution in [0.15, 0.2) is 0 Å². The molecule has 18 heavy (non-hydrogen) atoms. The van der Waals surface area contributed by atoms with Gasteiger partial charge < -0.3 is 15.2 Å². The van der Waals surface area contributed by atoms with Crippen LogP contribution in [0.25, 0.3) is 0 Å². The first-order chi connectivity index (χ1) is 8.21. The number of nitrogens with two attached hydrogens (primary N) is 1. The van der Waals surface area contributed by atoms with E-state index < -0.39 is 0 Å². The van der Waals surface area contributed by atoms with Crippen LogP contribution >= 0.6 is 0 Å². The molecule has 2 N–H and O–H groups in total. The Morgan fingerprint density at radius 2 is 1.72 bits per heavy atom. The summed E-state index contributed by atoms with van der Waals surface area (Å²) in [6, 6.07) is 0. The molecule has 2 aliphatic heterocycles. The maximum absolute atomic E-state index is 6.15. The molecule has 0 spiro atoms. The molecule has 0 aromatic heterocycles. The van der Waals surface area contributed by atoms with Crippen LogP contribution in [0.5, 0.6) is 0 Å². The predicted octanol–water partition coefficient (Wildman–Crippen LogP) is 1.38. The fourth-order valence-corrected chi connectivity index (χ4v) is 3.69. The lowest BCUT2D eigenvalue weighted by Gasteiger charge is -2.54. The Kier molecular flexibility index (Phi) is 3.52. The summed E-state index contributed by atoms with van der Waals surface area (Å²) in [5.41, 5.74) is 5.82. The molecule has 0 bridgehead atoms. The van der Waals surface area contributed by atoms with Crippen LogP contribution in [-0.2, 0) is 9.47 Å². The average Bonchev–Trinajstić information content (AvgIpc) is 2.56. The molecule has 2 atom stereocenters. The highest BCUT2D eigenvalue weighted by Gasteiger charge is 2.51. The largest absolute Gasteiger partial charge is 0.376 e. The van der Waals surface area contributed by atoms with E-state index in [9.17, 15) is 0 Å². The number of rotatable bonds is 2. The number of morpholine rings is 1. The monoisotopic (exact) mass is 256 g/mol. The molecule has 2 aliphatic rings. The smallest absolute Gasteiger partial charge is 0.0761 e. The standard InChI is InChI=1S/C14H28N2O2/c1-11-14(8-15,6-7-17-11)16-9-12(2,3)18-13(4,5)10-16/h11H,6-10,15H2,1-5H3. The van der Waals surface area contributed by atoms with E-state index in [2.05, 4.69) is 39.5 Å². The van der Waals surface area contributed by atoms with Gasteiger partial charge in [0.2, 0.25) is 0 Å². The molecular weight excluding hydrogens is 228 g/mol. The second-order valence-electron chi connectivity index (χ2n) is 7.05. The first-order valence-electron chi connectivity index (χ1n) is 6.98. The summed E-state index contributed by atoms with van der Waals surface area (Å²) in [5.74, 6) is 0. The Morgan fingerprint density at radius 1 is 1.17 bits per heavy atom. The van der Waals surface area contributed by atoms with Crippen molar-refractivity contribution in [1.29, 1.82) is 0 Å². The molecule has 106 valence electrons. The van der Waals surface area contributed by atoms with Crippen molar-refractivity contribution in [1.82, 2.24) is 4.90 Å². The number of ether oxygens (including phenoxy) is 2. The molecule has 4 heteroatoms. The highest BCUT2D eigenvalue weighted by Crippen LogP contribution is 2.38. The van der Waals surface area contributed by atoms with Crippen LogP contribution in [-0.4, -0.2) is 54.0 Å². The van der Waals surface area contributed by atoms with Crippen molar-refractivity contribution in [3.05, 3.63) is 0 Å². The van der Waals surface area contributed by atoms with Gasteiger partial charge in [-0.05, 0) is 41.0 Å². The van der Waals surface area contributed by atoms with Crippen LogP contribution in [0, 0.1) is 0 Å². The first-order valence-corrected chi connectivity index (χ1v) is 6.98. The second kappa shape index (κ2) is 4.44. The lowest BCUT2D eigenvalue weighted by Crippen LogP contribution is -2.68. The van der Waals surface area contributed by atoms with Gasteiger partial charge in [-0.3, -0.25) is 4.90 Å². The molecule has 2 unspecified atom stereocenters. The Hall–Kier alpha value is -0.160. The highest BCUT2D eigenvalue weighted by molar-refractivity contribution is 5.05. The third-order valence-corrected chi connectivity index (χ3v) is 4.34. The quantitative estimate of drug-likeness (QED) is 0.811. The van der Waals surface area contributed by atoms with Gasteiger partial charge in [0.25, 0.3) is 0 Å². The van der Waals surface area contributed by atoms with Crippen LogP contribution in [0.3, 0.4) is 0 Å². The first kappa shape index (κ1) is 14.3. The van der Waals surface area contributed by atoms with Gasteiger partial charge in [-0.1, -0.05) is 0 Å². The molecule has 2 rings (SSSR count). The van der Waals surface area contributed by atoms with Gasteiger partial charge in [0, 0.05) is 26.2 Å². The molecule has 0 radical (unpaired) electrons. The second-order valence-corrected chi connectivity index (χ2v) is 7.05. The van der Waals surface area contributed by atoms with E-state index in [1.807, 2.05) is 0 Å². The van der Waals surface area contributed by atoms with Gasteiger partial charge in [-0.25, -0.2) is 0 Å². The van der Waals surface area contributed by atoms with E-state index in [0.717, 1.165) is 26.1 Å². The summed E-state index contributed by atoms with van der Waals surface area (Å²) >= 11 is 0. The molecule has 0 amide bonds. The molecule has 2 heterocycles. The van der Waals surface area contributed by atoms with Crippen LogP contribution in [0.1, 0.15) is 41.0 Å². The van der Waals surface area contributed by atoms with Crippen molar-refractivity contribution in [2.24, 2.45) is 5.73 Å². The summed E-state index contributed by atoms with van der Waals surface area (Å²) in [6.45, 7) is 14.1. The summed E-state index contributed by atoms with van der Waals surface area (Å²) in [5, 5.41) is 0. The fourth-order valence-electron chi connectivity index (χ4n) is 3.69. The van der Waals surface area contributed by atoms with E-state index in [-0.39, 0.29) is 22.8 Å². The zero-order valence-corrected chi connectivity index (χ0v) is 12.5. The van der Waals surface area contributed by atoms with Crippen molar-refractivity contribution >= 4 is 0 Å². The SMILES string of the molecule is CC1OCCC1(CN)N1CC(C)(C)OC(C)(C)C1. The zero-order chi connectivity index (χ0) is 13.6. The van der Waals surface area contributed by atoms with Crippen molar-refractivity contribution < 1.29 is 9.47 Å². The van der Waals surface area contributed by atoms with E-state index >= 15 is 0 Å². The third-order valence-electron chi connectivity index (χ3n) is 4.34. The van der Waals surface area contributed by atoms with Gasteiger partial charge >= 0.3 is 0 Å². The number of hydrogen-bond acceptors (Lipinski definition) is 4. The molecule has 2 fully saturated rings. The van der Waals surface area contributed by atoms with Crippen molar-refractivity contribution in [2.45, 2.75) is 63.9 Å². The Labute approximate surface area is 111 Å². The van der Waals surface area contributed by atoms with E-state index in [1.165, 1.54) is 0 Å². The topological polar surface area (TPSA) is 47.7 Å². The molecule has 0 aromatic rings. The summed E-state index contributed by atoms with van der Waals surface area (Å²) in [4.78, 5) is 2.51. The third kappa shape index (κ3) is 2.44. The van der Waals surface area contributed by atoms with Crippen LogP contribution in [0.2, 0.25) is 0 Å². The predicted molar refractivity (Wildman–Crippen MR) is 72.6 cm³/mol. The van der Waals surface area contributed by atoms with E-state index in [1.54, 1.807) is 0 Å². The Bertz CT molecular complexity index is 301. The number of hydrogen-bond donors (Lipinski definition) is 1. The minimum atomic E-state index is -0.133. The molecule has 0 aromatic carbocycles. The van der Waals surface area contributed by atoms with E-state index in [0.29, 0.717) is 6.54 Å². The minimum Gasteiger partial charge on any atom is -0.376 e. The van der Waals surface area contributed by atoms with Crippen molar-refractivity contribution in [2.75, 3.05) is 26.2 Å². The van der Waals surface area contributed by atoms with Crippen molar-refractivity contribution in [3.63, 3.8) is 0 Å². The lowest BCUT2D eigenvalue weighted by molar-refractivity contribution is -0.202. The maximum Gasteiger partial charge on any atom is 0.0761 e. The number of nitrogens with zero attached hydrogens (tertiary/aromatic N) is 1. The molecule has 2 saturated heterocycles. The normalized spacial score (nSPS) is 40.0. The lowest BCUT2D eigenvalue weighted by atomic mass is 9.85. The minimum absolute atomic E-state index is 0.0156. The van der Waals surface area contributed by atoms with Crippen molar-refractivity contribution in [3.8, 4) is 0 Å². The van der Waals surface area contributed by atoms with Gasteiger partial charge in [0.15, 0.2) is 0 Å². The summed E-state index contributed by atoms with van der Waals surface area (Å²) in [7, 11) is 0. The Morgan fingerprint density at radius 3 is 2.11 bits per heavy atom. The van der Waals surface area contributed by atoms with Gasteiger partial charge in [0.1, 0.15) is 0 Å². The summed E-state index contributed by atoms with van der Waals surface area (Å²) in [6.07, 6.45) is 1.23.